The van der Waals surface area contributed by atoms with Crippen molar-refractivity contribution in [1.82, 2.24) is 5.32 Å². The summed E-state index contributed by atoms with van der Waals surface area (Å²) >= 11 is 1.99. The van der Waals surface area contributed by atoms with Gasteiger partial charge in [0.25, 0.3) is 0 Å². The van der Waals surface area contributed by atoms with E-state index in [4.69, 9.17) is 0 Å². The van der Waals surface area contributed by atoms with Crippen molar-refractivity contribution in [2.24, 2.45) is 16.7 Å². The van der Waals surface area contributed by atoms with E-state index in [1.807, 2.05) is 11.8 Å². The Morgan fingerprint density at radius 3 is 2.50 bits per heavy atom. The fraction of sp³-hybridized carbons (Fsp3) is 0.625. The highest BCUT2D eigenvalue weighted by Crippen LogP contribution is 2.68. The van der Waals surface area contributed by atoms with Crippen LogP contribution in [0.25, 0.3) is 0 Å². The van der Waals surface area contributed by atoms with E-state index in [-0.39, 0.29) is 0 Å². The van der Waals surface area contributed by atoms with Gasteiger partial charge in [-0.05, 0) is 34.9 Å². The summed E-state index contributed by atoms with van der Waals surface area (Å²) in [7, 11) is 0. The summed E-state index contributed by atoms with van der Waals surface area (Å²) in [4.78, 5) is 1.46. The molecular formula is C16H23NS. The number of nitrogens with one attached hydrogen (secondary N) is 1. The van der Waals surface area contributed by atoms with Crippen LogP contribution >= 0.6 is 11.8 Å². The third-order valence-electron chi connectivity index (χ3n) is 5.59. The first-order valence-electron chi connectivity index (χ1n) is 6.89. The van der Waals surface area contributed by atoms with Gasteiger partial charge in [0.2, 0.25) is 0 Å². The molecule has 1 N–H and O–H groups in total. The van der Waals surface area contributed by atoms with Gasteiger partial charge in [-0.3, -0.25) is 0 Å². The summed E-state index contributed by atoms with van der Waals surface area (Å²) in [6.07, 6.45) is 0. The second kappa shape index (κ2) is 4.01. The first kappa shape index (κ1) is 12.6. The zero-order chi connectivity index (χ0) is 13.0. The SMILES string of the molecule is CC1(C)C(CNC2CSc3ccccc32)C1(C)C. The Bertz CT molecular complexity index is 450. The van der Waals surface area contributed by atoms with Crippen LogP contribution in [0.3, 0.4) is 0 Å². The summed E-state index contributed by atoms with van der Waals surface area (Å²) in [5.41, 5.74) is 2.48. The van der Waals surface area contributed by atoms with E-state index in [0.717, 1.165) is 12.5 Å². The van der Waals surface area contributed by atoms with Gasteiger partial charge >= 0.3 is 0 Å². The van der Waals surface area contributed by atoms with Gasteiger partial charge in [-0.2, -0.15) is 0 Å². The van der Waals surface area contributed by atoms with Crippen LogP contribution in [0.4, 0.5) is 0 Å². The van der Waals surface area contributed by atoms with Gasteiger partial charge in [-0.1, -0.05) is 45.9 Å². The Balaban J connectivity index is 1.64. The third-order valence-corrected chi connectivity index (χ3v) is 6.77. The molecule has 98 valence electrons. The predicted molar refractivity (Wildman–Crippen MR) is 79.0 cm³/mol. The normalized spacial score (nSPS) is 28.1. The smallest absolute Gasteiger partial charge is 0.0426 e. The summed E-state index contributed by atoms with van der Waals surface area (Å²) < 4.78 is 0. The van der Waals surface area contributed by atoms with Gasteiger partial charge in [-0.15, -0.1) is 11.8 Å². The molecule has 1 fully saturated rings. The van der Waals surface area contributed by atoms with Crippen molar-refractivity contribution in [2.75, 3.05) is 12.3 Å². The van der Waals surface area contributed by atoms with Gasteiger partial charge in [0.1, 0.15) is 0 Å². The molecule has 0 aromatic heterocycles. The lowest BCUT2D eigenvalue weighted by molar-refractivity contribution is 0.457. The Morgan fingerprint density at radius 2 is 1.83 bits per heavy atom. The lowest BCUT2D eigenvalue weighted by atomic mass is 10.0. The summed E-state index contributed by atoms with van der Waals surface area (Å²) in [5, 5.41) is 3.79. The standard InChI is InChI=1S/C16H23NS/c1-15(2)14(16(15,3)4)9-17-12-10-18-13-8-6-5-7-11(12)13/h5-8,12,14,17H,9-10H2,1-4H3. The molecule has 18 heavy (non-hydrogen) atoms. The highest BCUT2D eigenvalue weighted by Gasteiger charge is 2.63. The molecule has 1 aromatic carbocycles. The molecule has 1 heterocycles. The van der Waals surface area contributed by atoms with Gasteiger partial charge in [0.05, 0.1) is 0 Å². The summed E-state index contributed by atoms with van der Waals surface area (Å²) in [6, 6.07) is 9.37. The number of hydrogen-bond donors (Lipinski definition) is 1. The van der Waals surface area contributed by atoms with Crippen molar-refractivity contribution in [3.63, 3.8) is 0 Å². The van der Waals surface area contributed by atoms with Crippen LogP contribution in [-0.2, 0) is 0 Å². The van der Waals surface area contributed by atoms with Gasteiger partial charge in [0.15, 0.2) is 0 Å². The fourth-order valence-electron chi connectivity index (χ4n) is 3.44. The summed E-state index contributed by atoms with van der Waals surface area (Å²) in [5.74, 6) is 2.00. The second-order valence-electron chi connectivity index (χ2n) is 6.81. The van der Waals surface area contributed by atoms with Crippen molar-refractivity contribution >= 4 is 11.8 Å². The molecule has 1 unspecified atom stereocenters. The first-order valence-corrected chi connectivity index (χ1v) is 7.88. The van der Waals surface area contributed by atoms with Crippen molar-refractivity contribution in [3.8, 4) is 0 Å². The number of rotatable bonds is 3. The minimum Gasteiger partial charge on any atom is -0.309 e. The van der Waals surface area contributed by atoms with Gasteiger partial charge < -0.3 is 5.32 Å². The second-order valence-corrected chi connectivity index (χ2v) is 7.87. The van der Waals surface area contributed by atoms with E-state index in [0.29, 0.717) is 16.9 Å². The van der Waals surface area contributed by atoms with Crippen LogP contribution in [0.1, 0.15) is 39.3 Å². The molecule has 0 saturated heterocycles. The molecule has 2 heteroatoms. The predicted octanol–water partition coefficient (Wildman–Crippen LogP) is 4.11. The lowest BCUT2D eigenvalue weighted by Crippen LogP contribution is -2.25. The van der Waals surface area contributed by atoms with E-state index in [1.54, 1.807) is 0 Å². The molecule has 1 atom stereocenters. The fourth-order valence-corrected chi connectivity index (χ4v) is 4.63. The maximum Gasteiger partial charge on any atom is 0.0426 e. The Morgan fingerprint density at radius 1 is 1.17 bits per heavy atom. The Labute approximate surface area is 115 Å². The lowest BCUT2D eigenvalue weighted by Gasteiger charge is -2.14. The highest BCUT2D eigenvalue weighted by molar-refractivity contribution is 7.99. The molecule has 2 aliphatic rings. The number of hydrogen-bond acceptors (Lipinski definition) is 2. The molecule has 0 amide bonds. The monoisotopic (exact) mass is 261 g/mol. The molecule has 1 aromatic rings. The van der Waals surface area contributed by atoms with Gasteiger partial charge in [-0.25, -0.2) is 0 Å². The Hall–Kier alpha value is -0.470. The molecule has 1 nitrogen and oxygen atoms in total. The van der Waals surface area contributed by atoms with Crippen LogP contribution in [0.5, 0.6) is 0 Å². The molecule has 0 bridgehead atoms. The average molecular weight is 261 g/mol. The Kier molecular flexibility index (Phi) is 2.80. The number of thioether (sulfide) groups is 1. The molecule has 1 saturated carbocycles. The topological polar surface area (TPSA) is 12.0 Å². The quantitative estimate of drug-likeness (QED) is 0.879. The van der Waals surface area contributed by atoms with Crippen LogP contribution < -0.4 is 5.32 Å². The van der Waals surface area contributed by atoms with E-state index >= 15 is 0 Å². The van der Waals surface area contributed by atoms with Gasteiger partial charge in [0, 0.05) is 16.7 Å². The van der Waals surface area contributed by atoms with E-state index in [9.17, 15) is 0 Å². The van der Waals surface area contributed by atoms with Crippen molar-refractivity contribution in [1.29, 1.82) is 0 Å². The summed E-state index contributed by atoms with van der Waals surface area (Å²) in [6.45, 7) is 10.8. The van der Waals surface area contributed by atoms with Crippen molar-refractivity contribution < 1.29 is 0 Å². The third kappa shape index (κ3) is 1.73. The first-order chi connectivity index (χ1) is 8.44. The molecule has 1 aliphatic carbocycles. The van der Waals surface area contributed by atoms with Crippen molar-refractivity contribution in [3.05, 3.63) is 29.8 Å². The van der Waals surface area contributed by atoms with E-state index in [2.05, 4.69) is 57.3 Å². The highest BCUT2D eigenvalue weighted by atomic mass is 32.2. The number of benzene rings is 1. The maximum atomic E-state index is 3.79. The molecule has 0 spiro atoms. The van der Waals surface area contributed by atoms with Crippen LogP contribution in [0.2, 0.25) is 0 Å². The molecule has 0 radical (unpaired) electrons. The minimum atomic E-state index is 0.491. The zero-order valence-corrected chi connectivity index (χ0v) is 12.6. The van der Waals surface area contributed by atoms with E-state index in [1.165, 1.54) is 16.2 Å². The van der Waals surface area contributed by atoms with Crippen LogP contribution in [-0.4, -0.2) is 12.3 Å². The van der Waals surface area contributed by atoms with Crippen molar-refractivity contribution in [2.45, 2.75) is 38.6 Å². The van der Waals surface area contributed by atoms with Crippen LogP contribution in [0, 0.1) is 16.7 Å². The largest absolute Gasteiger partial charge is 0.309 e. The molecular weight excluding hydrogens is 238 g/mol. The maximum absolute atomic E-state index is 3.79. The number of fused-ring (bicyclic) bond motifs is 1. The molecule has 1 aliphatic heterocycles. The minimum absolute atomic E-state index is 0.491. The van der Waals surface area contributed by atoms with E-state index < -0.39 is 0 Å². The zero-order valence-electron chi connectivity index (χ0n) is 11.8. The van der Waals surface area contributed by atoms with Crippen LogP contribution in [0.15, 0.2) is 29.2 Å². The molecule has 3 rings (SSSR count). The average Bonchev–Trinajstić information content (AvgIpc) is 2.67.